The lowest BCUT2D eigenvalue weighted by atomic mass is 10.2. The Labute approximate surface area is 97.3 Å². The van der Waals surface area contributed by atoms with Crippen molar-refractivity contribution in [2.45, 2.75) is 51.2 Å². The first-order valence-corrected chi connectivity index (χ1v) is 6.44. The number of nitrogens with zero attached hydrogens (tertiary/aromatic N) is 1. The summed E-state index contributed by atoms with van der Waals surface area (Å²) in [4.78, 5) is 14.0. The molecule has 0 bridgehead atoms. The van der Waals surface area contributed by atoms with Crippen LogP contribution in [-0.4, -0.2) is 42.8 Å². The zero-order valence-corrected chi connectivity index (χ0v) is 10.1. The zero-order valence-electron chi connectivity index (χ0n) is 10.1. The molecule has 2 heterocycles. The highest BCUT2D eigenvalue weighted by Gasteiger charge is 2.27. The normalized spacial score (nSPS) is 31.2. The van der Waals surface area contributed by atoms with Gasteiger partial charge in [0.2, 0.25) is 0 Å². The van der Waals surface area contributed by atoms with E-state index in [1.54, 1.807) is 0 Å². The SMILES string of the molecule is CC1OCCC1NC(=O)N1CCCCCC1. The Morgan fingerprint density at radius 1 is 1.25 bits per heavy atom. The number of rotatable bonds is 1. The van der Waals surface area contributed by atoms with Crippen LogP contribution in [-0.2, 0) is 4.74 Å². The average molecular weight is 226 g/mol. The topological polar surface area (TPSA) is 41.6 Å². The molecule has 0 aliphatic carbocycles. The van der Waals surface area contributed by atoms with Gasteiger partial charge in [-0.3, -0.25) is 0 Å². The summed E-state index contributed by atoms with van der Waals surface area (Å²) in [5, 5.41) is 3.09. The summed E-state index contributed by atoms with van der Waals surface area (Å²) in [6, 6.07) is 0.306. The van der Waals surface area contributed by atoms with E-state index in [1.807, 2.05) is 11.8 Å². The summed E-state index contributed by atoms with van der Waals surface area (Å²) < 4.78 is 5.45. The molecule has 2 atom stereocenters. The first kappa shape index (κ1) is 11.7. The molecule has 2 rings (SSSR count). The molecule has 0 saturated carbocycles. The number of likely N-dealkylation sites (tertiary alicyclic amines) is 1. The summed E-state index contributed by atoms with van der Waals surface area (Å²) in [6.07, 6.45) is 5.91. The first-order chi connectivity index (χ1) is 7.77. The van der Waals surface area contributed by atoms with Crippen molar-refractivity contribution in [1.29, 1.82) is 0 Å². The van der Waals surface area contributed by atoms with Gasteiger partial charge in [-0.1, -0.05) is 12.8 Å². The number of urea groups is 1. The van der Waals surface area contributed by atoms with Gasteiger partial charge in [0.05, 0.1) is 12.1 Å². The molecule has 92 valence electrons. The maximum absolute atomic E-state index is 12.0. The fourth-order valence-corrected chi connectivity index (χ4v) is 2.44. The number of carbonyl (C=O) groups excluding carboxylic acids is 1. The summed E-state index contributed by atoms with van der Waals surface area (Å²) in [5.74, 6) is 0. The molecule has 0 radical (unpaired) electrons. The van der Waals surface area contributed by atoms with Crippen LogP contribution in [0.15, 0.2) is 0 Å². The molecular formula is C12H22N2O2. The van der Waals surface area contributed by atoms with Crippen LogP contribution in [0.2, 0.25) is 0 Å². The van der Waals surface area contributed by atoms with Crippen molar-refractivity contribution in [2.24, 2.45) is 0 Å². The molecule has 2 unspecified atom stereocenters. The Balaban J connectivity index is 1.81. The van der Waals surface area contributed by atoms with Gasteiger partial charge >= 0.3 is 6.03 Å². The largest absolute Gasteiger partial charge is 0.376 e. The third-order valence-electron chi connectivity index (χ3n) is 3.58. The lowest BCUT2D eigenvalue weighted by molar-refractivity contribution is 0.112. The highest BCUT2D eigenvalue weighted by Crippen LogP contribution is 2.14. The van der Waals surface area contributed by atoms with Crippen LogP contribution in [0.4, 0.5) is 4.79 Å². The molecule has 2 saturated heterocycles. The lowest BCUT2D eigenvalue weighted by Gasteiger charge is -2.24. The third kappa shape index (κ3) is 2.88. The molecule has 4 heteroatoms. The molecular weight excluding hydrogens is 204 g/mol. The molecule has 2 aliphatic rings. The van der Waals surface area contributed by atoms with E-state index in [0.29, 0.717) is 0 Å². The van der Waals surface area contributed by atoms with Gasteiger partial charge in [0.15, 0.2) is 0 Å². The molecule has 16 heavy (non-hydrogen) atoms. The van der Waals surface area contributed by atoms with Crippen molar-refractivity contribution in [2.75, 3.05) is 19.7 Å². The van der Waals surface area contributed by atoms with Gasteiger partial charge in [-0.2, -0.15) is 0 Å². The summed E-state index contributed by atoms with van der Waals surface area (Å²) in [5.41, 5.74) is 0. The van der Waals surface area contributed by atoms with Gasteiger partial charge in [-0.05, 0) is 26.2 Å². The van der Waals surface area contributed by atoms with Crippen molar-refractivity contribution in [3.05, 3.63) is 0 Å². The third-order valence-corrected chi connectivity index (χ3v) is 3.58. The van der Waals surface area contributed by atoms with Crippen LogP contribution < -0.4 is 5.32 Å². The second-order valence-corrected chi connectivity index (χ2v) is 4.82. The van der Waals surface area contributed by atoms with E-state index in [1.165, 1.54) is 12.8 Å². The zero-order chi connectivity index (χ0) is 11.4. The van der Waals surface area contributed by atoms with E-state index in [4.69, 9.17) is 4.74 Å². The van der Waals surface area contributed by atoms with Crippen molar-refractivity contribution >= 4 is 6.03 Å². The van der Waals surface area contributed by atoms with Gasteiger partial charge in [0.25, 0.3) is 0 Å². The number of nitrogens with one attached hydrogen (secondary N) is 1. The Morgan fingerprint density at radius 3 is 2.50 bits per heavy atom. The van der Waals surface area contributed by atoms with Crippen LogP contribution >= 0.6 is 0 Å². The van der Waals surface area contributed by atoms with Crippen molar-refractivity contribution in [3.63, 3.8) is 0 Å². The van der Waals surface area contributed by atoms with Crippen LogP contribution in [0, 0.1) is 0 Å². The van der Waals surface area contributed by atoms with Gasteiger partial charge in [0.1, 0.15) is 0 Å². The minimum absolute atomic E-state index is 0.101. The fourth-order valence-electron chi connectivity index (χ4n) is 2.44. The fraction of sp³-hybridized carbons (Fsp3) is 0.917. The number of carbonyl (C=O) groups is 1. The van der Waals surface area contributed by atoms with Gasteiger partial charge in [-0.25, -0.2) is 4.79 Å². The van der Waals surface area contributed by atoms with E-state index >= 15 is 0 Å². The molecule has 0 spiro atoms. The second kappa shape index (κ2) is 5.53. The van der Waals surface area contributed by atoms with E-state index in [0.717, 1.165) is 39.0 Å². The minimum atomic E-state index is 0.101. The van der Waals surface area contributed by atoms with Crippen molar-refractivity contribution < 1.29 is 9.53 Å². The standard InChI is InChI=1S/C12H22N2O2/c1-10-11(6-9-16-10)13-12(15)14-7-4-2-3-5-8-14/h10-11H,2-9H2,1H3,(H,13,15). The van der Waals surface area contributed by atoms with Crippen LogP contribution in [0.25, 0.3) is 0 Å². The maximum Gasteiger partial charge on any atom is 0.317 e. The Kier molecular flexibility index (Phi) is 4.04. The molecule has 1 N–H and O–H groups in total. The maximum atomic E-state index is 12.0. The quantitative estimate of drug-likeness (QED) is 0.740. The average Bonchev–Trinajstić information content (AvgIpc) is 2.57. The Bertz CT molecular complexity index is 237. The highest BCUT2D eigenvalue weighted by molar-refractivity contribution is 5.74. The molecule has 0 aromatic carbocycles. The number of ether oxygens (including phenoxy) is 1. The lowest BCUT2D eigenvalue weighted by Crippen LogP contribution is -2.47. The predicted molar refractivity (Wildman–Crippen MR) is 62.4 cm³/mol. The Morgan fingerprint density at radius 2 is 1.94 bits per heavy atom. The summed E-state index contributed by atoms with van der Waals surface area (Å²) >= 11 is 0. The van der Waals surface area contributed by atoms with E-state index in [9.17, 15) is 4.79 Å². The van der Waals surface area contributed by atoms with Gasteiger partial charge < -0.3 is 15.0 Å². The highest BCUT2D eigenvalue weighted by atomic mass is 16.5. The number of amides is 2. The van der Waals surface area contributed by atoms with Crippen LogP contribution in [0.5, 0.6) is 0 Å². The molecule has 2 fully saturated rings. The van der Waals surface area contributed by atoms with Crippen molar-refractivity contribution in [3.8, 4) is 0 Å². The molecule has 0 aromatic heterocycles. The predicted octanol–water partition coefficient (Wildman–Crippen LogP) is 1.75. The monoisotopic (exact) mass is 226 g/mol. The number of hydrogen-bond acceptors (Lipinski definition) is 2. The van der Waals surface area contributed by atoms with E-state index < -0.39 is 0 Å². The van der Waals surface area contributed by atoms with Gasteiger partial charge in [-0.15, -0.1) is 0 Å². The van der Waals surface area contributed by atoms with Crippen LogP contribution in [0.3, 0.4) is 0 Å². The molecule has 2 amide bonds. The van der Waals surface area contributed by atoms with Crippen molar-refractivity contribution in [1.82, 2.24) is 10.2 Å². The van der Waals surface area contributed by atoms with E-state index in [-0.39, 0.29) is 18.2 Å². The minimum Gasteiger partial charge on any atom is -0.376 e. The second-order valence-electron chi connectivity index (χ2n) is 4.82. The summed E-state index contributed by atoms with van der Waals surface area (Å²) in [6.45, 7) is 4.62. The smallest absolute Gasteiger partial charge is 0.317 e. The molecule has 4 nitrogen and oxygen atoms in total. The van der Waals surface area contributed by atoms with Crippen LogP contribution in [0.1, 0.15) is 39.0 Å². The summed E-state index contributed by atoms with van der Waals surface area (Å²) in [7, 11) is 0. The number of hydrogen-bond donors (Lipinski definition) is 1. The van der Waals surface area contributed by atoms with Gasteiger partial charge in [0, 0.05) is 19.7 Å². The Hall–Kier alpha value is -0.770. The molecule has 0 aromatic rings. The van der Waals surface area contributed by atoms with E-state index in [2.05, 4.69) is 5.32 Å². The molecule has 2 aliphatic heterocycles. The first-order valence-electron chi connectivity index (χ1n) is 6.44.